The third-order valence-electron chi connectivity index (χ3n) is 2.87. The molecule has 2 aromatic rings. The molecule has 0 amide bonds. The molecule has 100 valence electrons. The van der Waals surface area contributed by atoms with Crippen molar-refractivity contribution in [1.29, 1.82) is 0 Å². The van der Waals surface area contributed by atoms with Gasteiger partial charge >= 0.3 is 0 Å². The first-order valence-electron chi connectivity index (χ1n) is 6.30. The molecule has 2 rings (SSSR count). The molecule has 0 saturated heterocycles. The molecule has 20 heavy (non-hydrogen) atoms. The lowest BCUT2D eigenvalue weighted by Gasteiger charge is -2.08. The number of ketones is 1. The average molecular weight is 264 g/mol. The van der Waals surface area contributed by atoms with Crippen molar-refractivity contribution in [2.24, 2.45) is 0 Å². The van der Waals surface area contributed by atoms with E-state index in [1.165, 1.54) is 0 Å². The molecule has 0 aliphatic rings. The number of allylic oxidation sites excluding steroid dienone is 1. The highest BCUT2D eigenvalue weighted by Crippen LogP contribution is 2.18. The van der Waals surface area contributed by atoms with E-state index < -0.39 is 0 Å². The number of rotatable bonds is 5. The summed E-state index contributed by atoms with van der Waals surface area (Å²) in [6.07, 6.45) is 0. The number of hydrogen-bond donors (Lipinski definition) is 0. The van der Waals surface area contributed by atoms with Gasteiger partial charge in [0, 0.05) is 11.1 Å². The molecule has 0 aliphatic carbocycles. The van der Waals surface area contributed by atoms with Gasteiger partial charge in [-0.05, 0) is 36.8 Å². The van der Waals surface area contributed by atoms with Crippen LogP contribution in [0.25, 0.3) is 0 Å². The molecule has 0 atom stereocenters. The van der Waals surface area contributed by atoms with Gasteiger partial charge in [0.2, 0.25) is 0 Å². The van der Waals surface area contributed by atoms with Crippen LogP contribution in [0.2, 0.25) is 0 Å². The molecule has 0 spiro atoms. The zero-order chi connectivity index (χ0) is 14.5. The van der Waals surface area contributed by atoms with Gasteiger partial charge in [0.05, 0.1) is 0 Å². The second kappa shape index (κ2) is 6.02. The first-order chi connectivity index (χ1) is 9.58. The summed E-state index contributed by atoms with van der Waals surface area (Å²) in [6, 6.07) is 16.2. The fourth-order valence-corrected chi connectivity index (χ4v) is 1.66. The molecule has 0 bridgehead atoms. The second-order valence-corrected chi connectivity index (χ2v) is 4.53. The molecule has 0 aromatic heterocycles. The average Bonchev–Trinajstić information content (AvgIpc) is 2.48. The highest BCUT2D eigenvalue weighted by Gasteiger charge is 2.08. The summed E-state index contributed by atoms with van der Waals surface area (Å²) >= 11 is 0. The Balaban J connectivity index is 2.14. The Labute approximate surface area is 119 Å². The maximum absolute atomic E-state index is 12.2. The summed E-state index contributed by atoms with van der Waals surface area (Å²) in [5, 5.41) is 0. The number of benzene rings is 2. The van der Waals surface area contributed by atoms with Crippen LogP contribution in [0.5, 0.6) is 5.75 Å². The normalized spacial score (nSPS) is 9.85. The third-order valence-corrected chi connectivity index (χ3v) is 2.87. The zero-order valence-corrected chi connectivity index (χ0v) is 11.4. The number of ether oxygens (including phenoxy) is 1. The van der Waals surface area contributed by atoms with Crippen LogP contribution in [0.15, 0.2) is 79.1 Å². The first kappa shape index (κ1) is 13.8. The smallest absolute Gasteiger partial charge is 0.193 e. The van der Waals surface area contributed by atoms with Crippen molar-refractivity contribution in [2.45, 2.75) is 6.92 Å². The number of carbonyl (C=O) groups excluding carboxylic acids is 1. The van der Waals surface area contributed by atoms with Gasteiger partial charge in [-0.3, -0.25) is 4.79 Å². The maximum atomic E-state index is 12.2. The van der Waals surface area contributed by atoms with Crippen LogP contribution >= 0.6 is 0 Å². The van der Waals surface area contributed by atoms with Crippen LogP contribution in [0.1, 0.15) is 22.8 Å². The summed E-state index contributed by atoms with van der Waals surface area (Å²) in [5.74, 6) is 1.16. The Morgan fingerprint density at radius 3 is 2.00 bits per heavy atom. The van der Waals surface area contributed by atoms with Crippen molar-refractivity contribution in [3.63, 3.8) is 0 Å². The van der Waals surface area contributed by atoms with Gasteiger partial charge < -0.3 is 4.74 Å². The first-order valence-corrected chi connectivity index (χ1v) is 6.30. The van der Waals surface area contributed by atoms with E-state index in [9.17, 15) is 4.79 Å². The lowest BCUT2D eigenvalue weighted by molar-refractivity contribution is 0.103. The van der Waals surface area contributed by atoms with Gasteiger partial charge in [-0.25, -0.2) is 0 Å². The van der Waals surface area contributed by atoms with Crippen LogP contribution < -0.4 is 4.74 Å². The Hall–Kier alpha value is -2.61. The molecule has 0 saturated carbocycles. The molecule has 0 aliphatic heterocycles. The molecule has 0 heterocycles. The minimum absolute atomic E-state index is 0.00382. The zero-order valence-electron chi connectivity index (χ0n) is 11.4. The van der Waals surface area contributed by atoms with Gasteiger partial charge in [-0.2, -0.15) is 0 Å². The van der Waals surface area contributed by atoms with Crippen LogP contribution in [0.4, 0.5) is 0 Å². The van der Waals surface area contributed by atoms with Crippen molar-refractivity contribution in [3.05, 3.63) is 90.2 Å². The molecule has 2 nitrogen and oxygen atoms in total. The van der Waals surface area contributed by atoms with Crippen LogP contribution in [0, 0.1) is 0 Å². The van der Waals surface area contributed by atoms with E-state index in [2.05, 4.69) is 13.2 Å². The molecule has 2 aromatic carbocycles. The molecular weight excluding hydrogens is 248 g/mol. The lowest BCUT2D eigenvalue weighted by Crippen LogP contribution is -2.01. The topological polar surface area (TPSA) is 26.3 Å². The minimum Gasteiger partial charge on any atom is -0.458 e. The maximum Gasteiger partial charge on any atom is 0.193 e. The van der Waals surface area contributed by atoms with Crippen molar-refractivity contribution >= 4 is 5.78 Å². The van der Waals surface area contributed by atoms with E-state index in [1.807, 2.05) is 25.1 Å². The molecule has 0 radical (unpaired) electrons. The van der Waals surface area contributed by atoms with Gasteiger partial charge in [0.15, 0.2) is 5.78 Å². The fourth-order valence-electron chi connectivity index (χ4n) is 1.66. The molecular formula is C18H16O2. The summed E-state index contributed by atoms with van der Waals surface area (Å²) in [6.45, 7) is 9.35. The Kier molecular flexibility index (Phi) is 4.16. The molecule has 0 fully saturated rings. The summed E-state index contributed by atoms with van der Waals surface area (Å²) in [7, 11) is 0. The highest BCUT2D eigenvalue weighted by atomic mass is 16.5. The van der Waals surface area contributed by atoms with Crippen molar-refractivity contribution in [3.8, 4) is 5.75 Å². The summed E-state index contributed by atoms with van der Waals surface area (Å²) in [5.41, 5.74) is 2.08. The molecule has 0 N–H and O–H groups in total. The van der Waals surface area contributed by atoms with Gasteiger partial charge in [0.25, 0.3) is 0 Å². The minimum atomic E-state index is -0.00382. The van der Waals surface area contributed by atoms with E-state index in [0.29, 0.717) is 22.6 Å². The van der Waals surface area contributed by atoms with E-state index >= 15 is 0 Å². The molecule has 2 heteroatoms. The Morgan fingerprint density at radius 1 is 0.900 bits per heavy atom. The van der Waals surface area contributed by atoms with E-state index in [1.54, 1.807) is 36.4 Å². The fraction of sp³-hybridized carbons (Fsp3) is 0.0556. The Morgan fingerprint density at radius 2 is 1.45 bits per heavy atom. The molecule has 0 unspecified atom stereocenters. The third kappa shape index (κ3) is 3.23. The van der Waals surface area contributed by atoms with Crippen LogP contribution in [0.3, 0.4) is 0 Å². The van der Waals surface area contributed by atoms with Gasteiger partial charge in [-0.1, -0.05) is 43.5 Å². The summed E-state index contributed by atoms with van der Waals surface area (Å²) in [4.78, 5) is 12.2. The summed E-state index contributed by atoms with van der Waals surface area (Å²) < 4.78 is 5.51. The quantitative estimate of drug-likeness (QED) is 0.455. The Bertz CT molecular complexity index is 637. The van der Waals surface area contributed by atoms with Crippen molar-refractivity contribution < 1.29 is 9.53 Å². The van der Waals surface area contributed by atoms with Crippen molar-refractivity contribution in [2.75, 3.05) is 0 Å². The largest absolute Gasteiger partial charge is 0.458 e. The predicted octanol–water partition coefficient (Wildman–Crippen LogP) is 4.39. The standard InChI is InChI=1S/C18H16O2/c1-13(2)14(3)20-17-11-9-16(10-12-17)18(19)15-7-5-4-6-8-15/h4-12H,1,3H2,2H3. The number of hydrogen-bond acceptors (Lipinski definition) is 2. The second-order valence-electron chi connectivity index (χ2n) is 4.53. The van der Waals surface area contributed by atoms with Gasteiger partial charge in [-0.15, -0.1) is 0 Å². The number of carbonyl (C=O) groups is 1. The van der Waals surface area contributed by atoms with Gasteiger partial charge in [0.1, 0.15) is 11.5 Å². The monoisotopic (exact) mass is 264 g/mol. The van der Waals surface area contributed by atoms with E-state index in [-0.39, 0.29) is 5.78 Å². The predicted molar refractivity (Wildman–Crippen MR) is 80.9 cm³/mol. The van der Waals surface area contributed by atoms with E-state index in [0.717, 1.165) is 5.57 Å². The SMILES string of the molecule is C=C(C)C(=C)Oc1ccc(C(=O)c2ccccc2)cc1. The lowest BCUT2D eigenvalue weighted by atomic mass is 10.0. The van der Waals surface area contributed by atoms with Crippen LogP contribution in [-0.4, -0.2) is 5.78 Å². The van der Waals surface area contributed by atoms with E-state index in [4.69, 9.17) is 4.74 Å². The van der Waals surface area contributed by atoms with Crippen molar-refractivity contribution in [1.82, 2.24) is 0 Å². The highest BCUT2D eigenvalue weighted by molar-refractivity contribution is 6.08. The van der Waals surface area contributed by atoms with Crippen LogP contribution in [-0.2, 0) is 0 Å².